The van der Waals surface area contributed by atoms with E-state index in [9.17, 15) is 8.42 Å². The third-order valence-electron chi connectivity index (χ3n) is 5.27. The number of hydrogen-bond donors (Lipinski definition) is 2. The van der Waals surface area contributed by atoms with Gasteiger partial charge in [-0.15, -0.1) is 0 Å². The van der Waals surface area contributed by atoms with Gasteiger partial charge in [0.05, 0.1) is 15.9 Å². The molecule has 1 heterocycles. The first-order chi connectivity index (χ1) is 15.2. The van der Waals surface area contributed by atoms with E-state index in [4.69, 9.17) is 0 Å². The Hall–Kier alpha value is -3.45. The molecule has 0 saturated heterocycles. The molecule has 32 heavy (non-hydrogen) atoms. The molecule has 6 nitrogen and oxygen atoms in total. The fraction of sp³-hybridized carbons (Fsp3) is 0.200. The van der Waals surface area contributed by atoms with Gasteiger partial charge in [-0.05, 0) is 66.8 Å². The Kier molecular flexibility index (Phi) is 5.84. The number of fused-ring (bicyclic) bond motifs is 1. The zero-order valence-corrected chi connectivity index (χ0v) is 19.4. The van der Waals surface area contributed by atoms with Crippen molar-refractivity contribution in [3.05, 3.63) is 83.4 Å². The highest BCUT2D eigenvalue weighted by Gasteiger charge is 2.21. The number of hydrogen-bond acceptors (Lipinski definition) is 5. The quantitative estimate of drug-likeness (QED) is 0.384. The van der Waals surface area contributed by atoms with Crippen LogP contribution < -0.4 is 10.0 Å². The van der Waals surface area contributed by atoms with Crippen molar-refractivity contribution in [3.63, 3.8) is 0 Å². The highest BCUT2D eigenvalue weighted by Crippen LogP contribution is 2.28. The van der Waals surface area contributed by atoms with E-state index in [0.717, 1.165) is 11.3 Å². The molecule has 0 aliphatic rings. The molecule has 1 aromatic heterocycles. The van der Waals surface area contributed by atoms with E-state index in [0.29, 0.717) is 28.3 Å². The fourth-order valence-corrected chi connectivity index (χ4v) is 4.77. The summed E-state index contributed by atoms with van der Waals surface area (Å²) in [4.78, 5) is 9.43. The number of para-hydroxylation sites is 2. The predicted octanol–water partition coefficient (Wildman–Crippen LogP) is 5.91. The first-order valence-corrected chi connectivity index (χ1v) is 11.9. The summed E-state index contributed by atoms with van der Waals surface area (Å²) in [6, 6.07) is 20.7. The standard InChI is InChI=1S/C25H26N4O2S/c1-16(2)19-11-13-20(14-12-19)26-24-25(28-22-8-6-5-7-21(22)27-24)29-32(30,31)23-15-17(3)9-10-18(23)4/h5-16H,1-4H3,(H,26,27)(H,28,29). The molecule has 2 N–H and O–H groups in total. The van der Waals surface area contributed by atoms with E-state index in [1.807, 2.05) is 55.5 Å². The van der Waals surface area contributed by atoms with Gasteiger partial charge in [-0.2, -0.15) is 0 Å². The van der Waals surface area contributed by atoms with Gasteiger partial charge in [-0.3, -0.25) is 4.72 Å². The zero-order chi connectivity index (χ0) is 22.9. The second-order valence-corrected chi connectivity index (χ2v) is 9.84. The molecule has 7 heteroatoms. The molecule has 0 spiro atoms. The highest BCUT2D eigenvalue weighted by atomic mass is 32.2. The summed E-state index contributed by atoms with van der Waals surface area (Å²) in [5, 5.41) is 3.23. The molecule has 0 unspecified atom stereocenters. The number of nitrogens with one attached hydrogen (secondary N) is 2. The van der Waals surface area contributed by atoms with Gasteiger partial charge in [0, 0.05) is 5.69 Å². The summed E-state index contributed by atoms with van der Waals surface area (Å²) in [5.74, 6) is 0.914. The van der Waals surface area contributed by atoms with Crippen LogP contribution in [-0.4, -0.2) is 18.4 Å². The van der Waals surface area contributed by atoms with E-state index < -0.39 is 10.0 Å². The van der Waals surface area contributed by atoms with Crippen molar-refractivity contribution >= 4 is 38.4 Å². The normalized spacial score (nSPS) is 11.7. The Morgan fingerprint density at radius 1 is 0.812 bits per heavy atom. The van der Waals surface area contributed by atoms with Crippen LogP contribution in [0, 0.1) is 13.8 Å². The highest BCUT2D eigenvalue weighted by molar-refractivity contribution is 7.92. The lowest BCUT2D eigenvalue weighted by Crippen LogP contribution is -2.17. The molecule has 0 atom stereocenters. The largest absolute Gasteiger partial charge is 0.337 e. The van der Waals surface area contributed by atoms with Gasteiger partial charge in [0.1, 0.15) is 0 Å². The molecule has 0 bridgehead atoms. The van der Waals surface area contributed by atoms with Crippen molar-refractivity contribution in [1.29, 1.82) is 0 Å². The smallest absolute Gasteiger partial charge is 0.263 e. The van der Waals surface area contributed by atoms with E-state index in [1.54, 1.807) is 25.1 Å². The molecular formula is C25H26N4O2S. The first kappa shape index (κ1) is 21.8. The average Bonchev–Trinajstić information content (AvgIpc) is 2.76. The number of benzene rings is 3. The number of anilines is 3. The number of aromatic nitrogens is 2. The molecule has 0 fully saturated rings. The Balaban J connectivity index is 1.76. The number of rotatable bonds is 6. The maximum atomic E-state index is 13.2. The lowest BCUT2D eigenvalue weighted by Gasteiger charge is -2.15. The van der Waals surface area contributed by atoms with Crippen LogP contribution in [-0.2, 0) is 10.0 Å². The van der Waals surface area contributed by atoms with E-state index in [2.05, 4.69) is 33.9 Å². The Morgan fingerprint density at radius 3 is 2.06 bits per heavy atom. The lowest BCUT2D eigenvalue weighted by molar-refractivity contribution is 0.600. The molecule has 3 aromatic carbocycles. The van der Waals surface area contributed by atoms with Crippen LogP contribution >= 0.6 is 0 Å². The van der Waals surface area contributed by atoms with Crippen LogP contribution in [0.1, 0.15) is 36.5 Å². The van der Waals surface area contributed by atoms with Crippen LogP contribution in [0.5, 0.6) is 0 Å². The van der Waals surface area contributed by atoms with E-state index in [-0.39, 0.29) is 10.7 Å². The van der Waals surface area contributed by atoms with Crippen molar-refractivity contribution in [1.82, 2.24) is 9.97 Å². The number of sulfonamides is 1. The first-order valence-electron chi connectivity index (χ1n) is 10.5. The van der Waals surface area contributed by atoms with Crippen LogP contribution in [0.15, 0.2) is 71.6 Å². The minimum absolute atomic E-state index is 0.151. The van der Waals surface area contributed by atoms with Gasteiger partial charge in [-0.25, -0.2) is 18.4 Å². The summed E-state index contributed by atoms with van der Waals surface area (Å²) >= 11 is 0. The maximum Gasteiger partial charge on any atom is 0.263 e. The van der Waals surface area contributed by atoms with Crippen molar-refractivity contribution in [2.75, 3.05) is 10.0 Å². The molecule has 0 radical (unpaired) electrons. The number of aryl methyl sites for hydroxylation is 2. The van der Waals surface area contributed by atoms with Crippen molar-refractivity contribution in [2.45, 2.75) is 38.5 Å². The topological polar surface area (TPSA) is 84.0 Å². The molecule has 0 amide bonds. The van der Waals surface area contributed by atoms with Crippen LogP contribution in [0.3, 0.4) is 0 Å². The van der Waals surface area contributed by atoms with Gasteiger partial charge in [-0.1, -0.05) is 50.2 Å². The second-order valence-electron chi connectivity index (χ2n) is 8.19. The average molecular weight is 447 g/mol. The summed E-state index contributed by atoms with van der Waals surface area (Å²) < 4.78 is 29.1. The van der Waals surface area contributed by atoms with Crippen LogP contribution in [0.25, 0.3) is 11.0 Å². The minimum Gasteiger partial charge on any atom is -0.337 e. The molecular weight excluding hydrogens is 420 g/mol. The summed E-state index contributed by atoms with van der Waals surface area (Å²) in [6.07, 6.45) is 0. The molecule has 4 rings (SSSR count). The van der Waals surface area contributed by atoms with Gasteiger partial charge >= 0.3 is 0 Å². The summed E-state index contributed by atoms with van der Waals surface area (Å²) in [6.45, 7) is 7.91. The van der Waals surface area contributed by atoms with Crippen LogP contribution in [0.2, 0.25) is 0 Å². The SMILES string of the molecule is Cc1ccc(C)c(S(=O)(=O)Nc2nc3ccccc3nc2Nc2ccc(C(C)C)cc2)c1. The van der Waals surface area contributed by atoms with Gasteiger partial charge in [0.2, 0.25) is 0 Å². The maximum absolute atomic E-state index is 13.2. The minimum atomic E-state index is -3.86. The van der Waals surface area contributed by atoms with Crippen molar-refractivity contribution < 1.29 is 8.42 Å². The molecule has 0 aliphatic heterocycles. The lowest BCUT2D eigenvalue weighted by atomic mass is 10.0. The van der Waals surface area contributed by atoms with Crippen molar-refractivity contribution in [3.8, 4) is 0 Å². The predicted molar refractivity (Wildman–Crippen MR) is 130 cm³/mol. The van der Waals surface area contributed by atoms with E-state index in [1.165, 1.54) is 5.56 Å². The monoisotopic (exact) mass is 446 g/mol. The van der Waals surface area contributed by atoms with Crippen LogP contribution in [0.4, 0.5) is 17.3 Å². The van der Waals surface area contributed by atoms with Gasteiger partial charge < -0.3 is 5.32 Å². The molecule has 164 valence electrons. The Bertz CT molecular complexity index is 1380. The van der Waals surface area contributed by atoms with Gasteiger partial charge in [0.25, 0.3) is 10.0 Å². The van der Waals surface area contributed by atoms with Crippen molar-refractivity contribution in [2.24, 2.45) is 0 Å². The third-order valence-corrected chi connectivity index (χ3v) is 6.76. The van der Waals surface area contributed by atoms with E-state index >= 15 is 0 Å². The Labute approximate surface area is 188 Å². The third kappa shape index (κ3) is 4.57. The molecule has 0 aliphatic carbocycles. The molecule has 0 saturated carbocycles. The summed E-state index contributed by atoms with van der Waals surface area (Å²) in [5.41, 5.74) is 4.82. The number of nitrogens with zero attached hydrogens (tertiary/aromatic N) is 2. The Morgan fingerprint density at radius 2 is 1.44 bits per heavy atom. The van der Waals surface area contributed by atoms with Gasteiger partial charge in [0.15, 0.2) is 11.6 Å². The zero-order valence-electron chi connectivity index (χ0n) is 18.5. The molecule has 4 aromatic rings. The fourth-order valence-electron chi connectivity index (χ4n) is 3.43. The summed E-state index contributed by atoms with van der Waals surface area (Å²) in [7, 11) is -3.86. The second kappa shape index (κ2) is 8.59.